The lowest BCUT2D eigenvalue weighted by molar-refractivity contribution is 0.182. The van der Waals surface area contributed by atoms with E-state index in [1.807, 2.05) is 18.2 Å². The summed E-state index contributed by atoms with van der Waals surface area (Å²) < 4.78 is 0. The molecule has 2 N–H and O–H groups in total. The third kappa shape index (κ3) is 2.67. The summed E-state index contributed by atoms with van der Waals surface area (Å²) >= 11 is 0. The SMILES string of the molecule is CCCCc1ccc2c(c1)=NC(C)(NC(=O)O)N=2. The van der Waals surface area contributed by atoms with Gasteiger partial charge in [-0.15, -0.1) is 0 Å². The molecule has 5 heteroatoms. The first-order chi connectivity index (χ1) is 8.52. The van der Waals surface area contributed by atoms with Gasteiger partial charge >= 0.3 is 6.09 Å². The summed E-state index contributed by atoms with van der Waals surface area (Å²) in [5.74, 6) is -1.09. The van der Waals surface area contributed by atoms with Gasteiger partial charge in [0.1, 0.15) is 0 Å². The number of nitrogens with one attached hydrogen (secondary N) is 1. The number of benzene rings is 1. The second-order valence-electron chi connectivity index (χ2n) is 4.60. The van der Waals surface area contributed by atoms with Crippen LogP contribution in [0.25, 0.3) is 0 Å². The first kappa shape index (κ1) is 12.5. The zero-order valence-corrected chi connectivity index (χ0v) is 10.6. The molecule has 0 aliphatic carbocycles. The fourth-order valence-electron chi connectivity index (χ4n) is 2.04. The number of fused-ring (bicyclic) bond motifs is 1. The number of aryl methyl sites for hydroxylation is 1. The number of hydrogen-bond acceptors (Lipinski definition) is 3. The molecule has 5 nitrogen and oxygen atoms in total. The van der Waals surface area contributed by atoms with Gasteiger partial charge in [-0.05, 0) is 30.5 Å². The third-order valence-corrected chi connectivity index (χ3v) is 2.88. The van der Waals surface area contributed by atoms with Crippen molar-refractivity contribution >= 4 is 6.09 Å². The highest BCUT2D eigenvalue weighted by Gasteiger charge is 2.26. The van der Waals surface area contributed by atoms with Crippen molar-refractivity contribution in [2.45, 2.75) is 38.9 Å². The van der Waals surface area contributed by atoms with Crippen molar-refractivity contribution in [1.82, 2.24) is 5.32 Å². The van der Waals surface area contributed by atoms with Crippen molar-refractivity contribution < 1.29 is 9.90 Å². The lowest BCUT2D eigenvalue weighted by Crippen LogP contribution is -2.41. The zero-order chi connectivity index (χ0) is 13.2. The molecule has 1 aliphatic rings. The summed E-state index contributed by atoms with van der Waals surface area (Å²) in [6, 6.07) is 5.92. The van der Waals surface area contributed by atoms with E-state index < -0.39 is 11.9 Å². The molecule has 1 amide bonds. The Bertz CT molecular complexity index is 582. The van der Waals surface area contributed by atoms with Crippen LogP contribution >= 0.6 is 0 Å². The summed E-state index contributed by atoms with van der Waals surface area (Å²) in [6.07, 6.45) is 2.18. The maximum atomic E-state index is 10.7. The molecular formula is C13H17N3O2. The van der Waals surface area contributed by atoms with Gasteiger partial charge in [0.25, 0.3) is 0 Å². The fraction of sp³-hybridized carbons (Fsp3) is 0.462. The van der Waals surface area contributed by atoms with Crippen molar-refractivity contribution in [1.29, 1.82) is 0 Å². The largest absolute Gasteiger partial charge is 0.465 e. The van der Waals surface area contributed by atoms with E-state index in [2.05, 4.69) is 22.2 Å². The Hall–Kier alpha value is -1.91. The van der Waals surface area contributed by atoms with Crippen LogP contribution in [-0.2, 0) is 6.42 Å². The first-order valence-corrected chi connectivity index (χ1v) is 6.12. The van der Waals surface area contributed by atoms with E-state index in [-0.39, 0.29) is 0 Å². The molecule has 0 fully saturated rings. The molecule has 1 aliphatic heterocycles. The Kier molecular flexibility index (Phi) is 3.32. The predicted molar refractivity (Wildman–Crippen MR) is 66.9 cm³/mol. The number of carboxylic acid groups (broad SMARTS) is 1. The Morgan fingerprint density at radius 3 is 2.78 bits per heavy atom. The summed E-state index contributed by atoms with van der Waals surface area (Å²) in [5, 5.41) is 12.6. The first-order valence-electron chi connectivity index (χ1n) is 6.12. The summed E-state index contributed by atoms with van der Waals surface area (Å²) in [4.78, 5) is 19.3. The van der Waals surface area contributed by atoms with Gasteiger partial charge in [-0.2, -0.15) is 0 Å². The number of amides is 1. The van der Waals surface area contributed by atoms with Gasteiger partial charge in [-0.25, -0.2) is 14.8 Å². The molecule has 0 saturated heterocycles. The molecule has 1 heterocycles. The Morgan fingerprint density at radius 1 is 1.39 bits per heavy atom. The minimum Gasteiger partial charge on any atom is -0.465 e. The molecule has 1 aromatic rings. The van der Waals surface area contributed by atoms with Crippen LogP contribution in [0.2, 0.25) is 0 Å². The normalized spacial score (nSPS) is 20.8. The summed E-state index contributed by atoms with van der Waals surface area (Å²) in [6.45, 7) is 3.80. The topological polar surface area (TPSA) is 74.0 Å². The van der Waals surface area contributed by atoms with Crippen molar-refractivity contribution in [3.63, 3.8) is 0 Å². The van der Waals surface area contributed by atoms with Gasteiger partial charge in [0.2, 0.25) is 5.79 Å². The van der Waals surface area contributed by atoms with Crippen molar-refractivity contribution in [3.05, 3.63) is 34.5 Å². The second kappa shape index (κ2) is 4.76. The maximum absolute atomic E-state index is 10.7. The fourth-order valence-corrected chi connectivity index (χ4v) is 2.04. The molecule has 1 unspecified atom stereocenters. The van der Waals surface area contributed by atoms with Crippen LogP contribution < -0.4 is 16.0 Å². The average molecular weight is 247 g/mol. The smallest absolute Gasteiger partial charge is 0.408 e. The number of hydrogen-bond donors (Lipinski definition) is 2. The van der Waals surface area contributed by atoms with Crippen LogP contribution in [0, 0.1) is 0 Å². The molecule has 0 bridgehead atoms. The third-order valence-electron chi connectivity index (χ3n) is 2.88. The molecule has 0 radical (unpaired) electrons. The van der Waals surface area contributed by atoms with E-state index in [1.165, 1.54) is 5.56 Å². The van der Waals surface area contributed by atoms with Crippen LogP contribution in [0.3, 0.4) is 0 Å². The van der Waals surface area contributed by atoms with Gasteiger partial charge in [0, 0.05) is 6.92 Å². The highest BCUT2D eigenvalue weighted by molar-refractivity contribution is 5.65. The average Bonchev–Trinajstić information content (AvgIpc) is 2.59. The van der Waals surface area contributed by atoms with Crippen molar-refractivity contribution in [2.75, 3.05) is 0 Å². The number of unbranched alkanes of at least 4 members (excludes halogenated alkanes) is 1. The quantitative estimate of drug-likeness (QED) is 0.839. The second-order valence-corrected chi connectivity index (χ2v) is 4.60. The van der Waals surface area contributed by atoms with Gasteiger partial charge in [0.15, 0.2) is 0 Å². The van der Waals surface area contributed by atoms with Gasteiger partial charge in [0.05, 0.1) is 10.7 Å². The molecule has 1 aromatic carbocycles. The Morgan fingerprint density at radius 2 is 2.11 bits per heavy atom. The monoisotopic (exact) mass is 247 g/mol. The molecule has 2 rings (SSSR count). The van der Waals surface area contributed by atoms with E-state index in [9.17, 15) is 4.79 Å². The van der Waals surface area contributed by atoms with E-state index in [0.29, 0.717) is 0 Å². The van der Waals surface area contributed by atoms with E-state index in [4.69, 9.17) is 5.11 Å². The molecule has 18 heavy (non-hydrogen) atoms. The Balaban J connectivity index is 2.30. The molecule has 0 saturated carbocycles. The van der Waals surface area contributed by atoms with E-state index >= 15 is 0 Å². The molecule has 0 spiro atoms. The zero-order valence-electron chi connectivity index (χ0n) is 10.6. The van der Waals surface area contributed by atoms with Crippen molar-refractivity contribution in [2.24, 2.45) is 9.98 Å². The standard InChI is InChI=1S/C13H17N3O2/c1-3-4-5-9-6-7-10-11(8-9)15-13(2,14-10)16-12(17)18/h6-8,16H,3-5H2,1-2H3,(H,17,18). The summed E-state index contributed by atoms with van der Waals surface area (Å²) in [5.41, 5.74) is 1.22. The highest BCUT2D eigenvalue weighted by Crippen LogP contribution is 2.09. The number of carbonyl (C=O) groups is 1. The van der Waals surface area contributed by atoms with Crippen LogP contribution in [0.1, 0.15) is 32.3 Å². The molecule has 1 atom stereocenters. The lowest BCUT2D eigenvalue weighted by Gasteiger charge is -2.16. The number of rotatable bonds is 4. The Labute approximate surface area is 105 Å². The summed E-state index contributed by atoms with van der Waals surface area (Å²) in [7, 11) is 0. The van der Waals surface area contributed by atoms with Crippen LogP contribution in [0.15, 0.2) is 28.2 Å². The van der Waals surface area contributed by atoms with Crippen molar-refractivity contribution in [3.8, 4) is 0 Å². The van der Waals surface area contributed by atoms with Crippen LogP contribution in [-0.4, -0.2) is 17.0 Å². The van der Waals surface area contributed by atoms with Crippen LogP contribution in [0.5, 0.6) is 0 Å². The predicted octanol–water partition coefficient (Wildman–Crippen LogP) is 1.22. The molecular weight excluding hydrogens is 230 g/mol. The minimum atomic E-state index is -1.12. The molecule has 96 valence electrons. The van der Waals surface area contributed by atoms with E-state index in [0.717, 1.165) is 30.0 Å². The molecule has 0 aromatic heterocycles. The van der Waals surface area contributed by atoms with Gasteiger partial charge < -0.3 is 5.11 Å². The maximum Gasteiger partial charge on any atom is 0.408 e. The van der Waals surface area contributed by atoms with Gasteiger partial charge in [-0.1, -0.05) is 19.4 Å². The van der Waals surface area contributed by atoms with Crippen LogP contribution in [0.4, 0.5) is 4.79 Å². The van der Waals surface area contributed by atoms with Gasteiger partial charge in [-0.3, -0.25) is 5.32 Å². The lowest BCUT2D eigenvalue weighted by atomic mass is 10.1. The van der Waals surface area contributed by atoms with E-state index in [1.54, 1.807) is 6.92 Å². The number of nitrogens with zero attached hydrogens (tertiary/aromatic N) is 2. The highest BCUT2D eigenvalue weighted by atomic mass is 16.4. The minimum absolute atomic E-state index is 0.742.